The Morgan fingerprint density at radius 2 is 2.10 bits per heavy atom. The van der Waals surface area contributed by atoms with Gasteiger partial charge in [0.15, 0.2) is 0 Å². The van der Waals surface area contributed by atoms with Gasteiger partial charge < -0.3 is 5.32 Å². The van der Waals surface area contributed by atoms with Crippen LogP contribution in [-0.2, 0) is 10.0 Å². The fraction of sp³-hybridized carbons (Fsp3) is 0.538. The first kappa shape index (κ1) is 16.8. The van der Waals surface area contributed by atoms with Crippen molar-refractivity contribution >= 4 is 26.0 Å². The molecule has 1 unspecified atom stereocenters. The minimum Gasteiger partial charge on any atom is -0.315 e. The van der Waals surface area contributed by atoms with Crippen LogP contribution in [0.3, 0.4) is 0 Å². The van der Waals surface area contributed by atoms with Gasteiger partial charge in [0.25, 0.3) is 0 Å². The summed E-state index contributed by atoms with van der Waals surface area (Å²) in [5.41, 5.74) is 0. The van der Waals surface area contributed by atoms with Gasteiger partial charge in [0.1, 0.15) is 16.5 Å². The van der Waals surface area contributed by atoms with E-state index in [0.717, 1.165) is 18.7 Å². The molecule has 0 amide bonds. The van der Waals surface area contributed by atoms with Crippen molar-refractivity contribution in [2.24, 2.45) is 0 Å². The largest absolute Gasteiger partial charge is 0.315 e. The van der Waals surface area contributed by atoms with Crippen molar-refractivity contribution in [1.29, 1.82) is 0 Å². The van der Waals surface area contributed by atoms with E-state index in [1.54, 1.807) is 0 Å². The molecule has 0 bridgehead atoms. The molecule has 1 atom stereocenters. The quantitative estimate of drug-likeness (QED) is 0.795. The van der Waals surface area contributed by atoms with Gasteiger partial charge in [-0.1, -0.05) is 6.92 Å². The van der Waals surface area contributed by atoms with Crippen molar-refractivity contribution in [3.63, 3.8) is 0 Å². The third-order valence-corrected chi connectivity index (χ3v) is 6.02. The highest BCUT2D eigenvalue weighted by atomic mass is 79.9. The van der Waals surface area contributed by atoms with Crippen molar-refractivity contribution in [1.82, 2.24) is 9.62 Å². The van der Waals surface area contributed by atoms with Crippen LogP contribution in [0.15, 0.2) is 21.5 Å². The van der Waals surface area contributed by atoms with E-state index in [4.69, 9.17) is 0 Å². The Bertz CT molecular complexity index is 619. The third kappa shape index (κ3) is 3.44. The molecule has 118 valence electrons. The molecule has 0 aromatic heterocycles. The molecule has 1 heterocycles. The molecule has 0 aliphatic carbocycles. The molecule has 1 aliphatic heterocycles. The number of rotatable bonds is 5. The van der Waals surface area contributed by atoms with Gasteiger partial charge in [0.05, 0.1) is 4.47 Å². The zero-order valence-corrected chi connectivity index (χ0v) is 14.0. The van der Waals surface area contributed by atoms with Crippen molar-refractivity contribution in [2.75, 3.05) is 19.6 Å². The molecule has 1 fully saturated rings. The standard InChI is InChI=1S/C13H17BrF2N2O2S/c1-2-5-18(9-3-4-17-8-9)21(19,20)13-7-11(15)10(14)6-12(13)16/h6-7,9,17H,2-5,8H2,1H3. The summed E-state index contributed by atoms with van der Waals surface area (Å²) in [5.74, 6) is -1.74. The normalized spacial score (nSPS) is 19.4. The number of nitrogens with zero attached hydrogens (tertiary/aromatic N) is 1. The Hall–Kier alpha value is -0.570. The minimum absolute atomic E-state index is 0.0940. The van der Waals surface area contributed by atoms with Gasteiger partial charge in [0.2, 0.25) is 10.0 Å². The summed E-state index contributed by atoms with van der Waals surface area (Å²) < 4.78 is 54.1. The van der Waals surface area contributed by atoms with E-state index in [1.165, 1.54) is 4.31 Å². The van der Waals surface area contributed by atoms with Crippen molar-refractivity contribution in [2.45, 2.75) is 30.7 Å². The molecule has 21 heavy (non-hydrogen) atoms. The topological polar surface area (TPSA) is 49.4 Å². The highest BCUT2D eigenvalue weighted by Gasteiger charge is 2.34. The molecule has 0 radical (unpaired) electrons. The third-order valence-electron chi connectivity index (χ3n) is 3.45. The van der Waals surface area contributed by atoms with E-state index >= 15 is 0 Å². The molecule has 1 N–H and O–H groups in total. The number of hydrogen-bond acceptors (Lipinski definition) is 3. The highest BCUT2D eigenvalue weighted by Crippen LogP contribution is 2.27. The van der Waals surface area contributed by atoms with Crippen LogP contribution >= 0.6 is 15.9 Å². The highest BCUT2D eigenvalue weighted by molar-refractivity contribution is 9.10. The number of nitrogens with one attached hydrogen (secondary N) is 1. The lowest BCUT2D eigenvalue weighted by atomic mass is 10.2. The first-order valence-electron chi connectivity index (χ1n) is 6.75. The van der Waals surface area contributed by atoms with E-state index in [9.17, 15) is 17.2 Å². The zero-order chi connectivity index (χ0) is 15.6. The summed E-state index contributed by atoms with van der Waals surface area (Å²) in [6.07, 6.45) is 1.27. The van der Waals surface area contributed by atoms with Crippen molar-refractivity contribution in [3.8, 4) is 0 Å². The summed E-state index contributed by atoms with van der Waals surface area (Å²) in [6.45, 7) is 3.38. The van der Waals surface area contributed by atoms with Gasteiger partial charge in [-0.3, -0.25) is 0 Å². The Morgan fingerprint density at radius 3 is 2.67 bits per heavy atom. The first-order valence-corrected chi connectivity index (χ1v) is 8.98. The maximum absolute atomic E-state index is 14.0. The van der Waals surface area contributed by atoms with Gasteiger partial charge in [-0.05, 0) is 47.4 Å². The van der Waals surface area contributed by atoms with Crippen LogP contribution in [-0.4, -0.2) is 38.4 Å². The lowest BCUT2D eigenvalue weighted by Crippen LogP contribution is -2.42. The second-order valence-corrected chi connectivity index (χ2v) is 7.67. The Morgan fingerprint density at radius 1 is 1.38 bits per heavy atom. The van der Waals surface area contributed by atoms with E-state index < -0.39 is 26.6 Å². The molecule has 1 aliphatic rings. The molecule has 4 nitrogen and oxygen atoms in total. The van der Waals surface area contributed by atoms with E-state index in [2.05, 4.69) is 21.2 Å². The summed E-state index contributed by atoms with van der Waals surface area (Å²) in [4.78, 5) is -0.608. The fourth-order valence-corrected chi connectivity index (χ4v) is 4.55. The first-order chi connectivity index (χ1) is 9.87. The van der Waals surface area contributed by atoms with E-state index in [1.807, 2.05) is 6.92 Å². The molecule has 2 rings (SSSR count). The minimum atomic E-state index is -4.06. The molecule has 0 spiro atoms. The van der Waals surface area contributed by atoms with Crippen molar-refractivity contribution < 1.29 is 17.2 Å². The molecule has 0 saturated carbocycles. The van der Waals surface area contributed by atoms with Gasteiger partial charge in [-0.2, -0.15) is 4.31 Å². The average Bonchev–Trinajstić information content (AvgIpc) is 2.93. The van der Waals surface area contributed by atoms with Gasteiger partial charge in [-0.25, -0.2) is 17.2 Å². The molecular weight excluding hydrogens is 366 g/mol. The van der Waals surface area contributed by atoms with Crippen molar-refractivity contribution in [3.05, 3.63) is 28.2 Å². The summed E-state index contributed by atoms with van der Waals surface area (Å²) in [5, 5.41) is 3.09. The second kappa shape index (κ2) is 6.68. The van der Waals surface area contributed by atoms with E-state index in [-0.39, 0.29) is 17.1 Å². The number of sulfonamides is 1. The average molecular weight is 383 g/mol. The predicted octanol–water partition coefficient (Wildman–Crippen LogP) is 2.49. The van der Waals surface area contributed by atoms with Crippen LogP contribution in [0.2, 0.25) is 0 Å². The van der Waals surface area contributed by atoms with E-state index in [0.29, 0.717) is 19.4 Å². The zero-order valence-electron chi connectivity index (χ0n) is 11.6. The molecule has 8 heteroatoms. The molecular formula is C13H17BrF2N2O2S. The van der Waals surface area contributed by atoms with Gasteiger partial charge in [0, 0.05) is 19.1 Å². The van der Waals surface area contributed by atoms with Crippen LogP contribution in [0, 0.1) is 11.6 Å². The van der Waals surface area contributed by atoms with Crippen LogP contribution in [0.25, 0.3) is 0 Å². The maximum atomic E-state index is 14.0. The number of benzene rings is 1. The fourth-order valence-electron chi connectivity index (χ4n) is 2.43. The molecule has 1 aromatic rings. The Labute approximate surface area is 131 Å². The summed E-state index contributed by atoms with van der Waals surface area (Å²) in [7, 11) is -4.06. The molecule has 1 saturated heterocycles. The number of halogens is 3. The van der Waals surface area contributed by atoms with Crippen LogP contribution in [0.5, 0.6) is 0 Å². The monoisotopic (exact) mass is 382 g/mol. The van der Waals surface area contributed by atoms with Crippen LogP contribution in [0.1, 0.15) is 19.8 Å². The summed E-state index contributed by atoms with van der Waals surface area (Å²) >= 11 is 2.85. The lowest BCUT2D eigenvalue weighted by Gasteiger charge is -2.27. The summed E-state index contributed by atoms with van der Waals surface area (Å²) in [6, 6.07) is 1.36. The Kier molecular flexibility index (Phi) is 5.34. The van der Waals surface area contributed by atoms with Gasteiger partial charge >= 0.3 is 0 Å². The van der Waals surface area contributed by atoms with Crippen LogP contribution in [0.4, 0.5) is 8.78 Å². The predicted molar refractivity (Wildman–Crippen MR) is 79.5 cm³/mol. The number of hydrogen-bond donors (Lipinski definition) is 1. The maximum Gasteiger partial charge on any atom is 0.246 e. The molecule has 1 aromatic carbocycles. The Balaban J connectivity index is 2.45. The van der Waals surface area contributed by atoms with Gasteiger partial charge in [-0.15, -0.1) is 0 Å². The lowest BCUT2D eigenvalue weighted by molar-refractivity contribution is 0.333. The smallest absolute Gasteiger partial charge is 0.246 e. The SMILES string of the molecule is CCCN(C1CCNC1)S(=O)(=O)c1cc(F)c(Br)cc1F. The van der Waals surface area contributed by atoms with Crippen LogP contribution < -0.4 is 5.32 Å². The second-order valence-electron chi connectivity index (χ2n) is 4.96.